The molecule has 1 amide bonds. The third-order valence-electron chi connectivity index (χ3n) is 2.43. The van der Waals surface area contributed by atoms with Crippen LogP contribution < -0.4 is 10.6 Å². The summed E-state index contributed by atoms with van der Waals surface area (Å²) in [7, 11) is 0. The Balaban J connectivity index is 2.04. The third-order valence-corrected chi connectivity index (χ3v) is 2.66. The predicted octanol–water partition coefficient (Wildman–Crippen LogP) is 0.120. The molecule has 2 N–H and O–H groups in total. The summed E-state index contributed by atoms with van der Waals surface area (Å²) >= 11 is 5.54. The number of rotatable bonds is 3. The summed E-state index contributed by atoms with van der Waals surface area (Å²) < 4.78 is 5.26. The minimum Gasteiger partial charge on any atom is -0.407 e. The number of amides is 1. The average Bonchev–Trinajstić information content (AvgIpc) is 2.86. The van der Waals surface area contributed by atoms with Crippen molar-refractivity contribution in [2.75, 3.05) is 18.0 Å². The number of anilines is 1. The van der Waals surface area contributed by atoms with Crippen molar-refractivity contribution in [3.8, 4) is 0 Å². The minimum absolute atomic E-state index is 0.128. The molecular formula is C8H11ClN4O2. The Morgan fingerprint density at radius 2 is 2.47 bits per heavy atom. The molecule has 6 nitrogen and oxygen atoms in total. The van der Waals surface area contributed by atoms with Gasteiger partial charge in [0.15, 0.2) is 0 Å². The SMILES string of the molecule is NC(=O)C1CCN(c2nnc(CCl)o2)C1. The van der Waals surface area contributed by atoms with Crippen molar-refractivity contribution >= 4 is 23.5 Å². The van der Waals surface area contributed by atoms with E-state index in [0.29, 0.717) is 25.0 Å². The zero-order valence-electron chi connectivity index (χ0n) is 8.02. The number of nitrogens with two attached hydrogens (primary N) is 1. The quantitative estimate of drug-likeness (QED) is 0.746. The molecule has 0 saturated carbocycles. The van der Waals surface area contributed by atoms with Gasteiger partial charge in [-0.05, 0) is 6.42 Å². The molecule has 2 rings (SSSR count). The zero-order valence-corrected chi connectivity index (χ0v) is 8.78. The Bertz CT molecular complexity index is 367. The zero-order chi connectivity index (χ0) is 10.8. The van der Waals surface area contributed by atoms with Gasteiger partial charge in [0, 0.05) is 13.1 Å². The predicted molar refractivity (Wildman–Crippen MR) is 53.4 cm³/mol. The van der Waals surface area contributed by atoms with E-state index in [2.05, 4.69) is 10.2 Å². The summed E-state index contributed by atoms with van der Waals surface area (Å²) in [4.78, 5) is 12.8. The number of carbonyl (C=O) groups excluding carboxylic acids is 1. The average molecular weight is 231 g/mol. The van der Waals surface area contributed by atoms with Gasteiger partial charge >= 0.3 is 6.01 Å². The molecule has 2 heterocycles. The molecule has 1 fully saturated rings. The lowest BCUT2D eigenvalue weighted by atomic mass is 10.1. The van der Waals surface area contributed by atoms with Crippen LogP contribution in [0.4, 0.5) is 6.01 Å². The third kappa shape index (κ3) is 2.04. The Hall–Kier alpha value is -1.30. The Labute approximate surface area is 91.4 Å². The monoisotopic (exact) mass is 230 g/mol. The number of primary amides is 1. The van der Waals surface area contributed by atoms with Gasteiger partial charge in [-0.25, -0.2) is 0 Å². The molecule has 0 radical (unpaired) electrons. The lowest BCUT2D eigenvalue weighted by Crippen LogP contribution is -2.27. The highest BCUT2D eigenvalue weighted by Crippen LogP contribution is 2.22. The summed E-state index contributed by atoms with van der Waals surface area (Å²) in [5.74, 6) is 0.167. The number of hydrogen-bond acceptors (Lipinski definition) is 5. The van der Waals surface area contributed by atoms with E-state index in [0.717, 1.165) is 6.42 Å². The van der Waals surface area contributed by atoms with Crippen molar-refractivity contribution in [2.24, 2.45) is 11.7 Å². The Morgan fingerprint density at radius 3 is 3.00 bits per heavy atom. The standard InChI is InChI=1S/C8H11ClN4O2/c9-3-6-11-12-8(15-6)13-2-1-5(4-13)7(10)14/h5H,1-4H2,(H2,10,14). The number of aromatic nitrogens is 2. The summed E-state index contributed by atoms with van der Waals surface area (Å²) in [6.45, 7) is 1.25. The first-order chi connectivity index (χ1) is 7.20. The second-order valence-electron chi connectivity index (χ2n) is 3.45. The maximum absolute atomic E-state index is 10.9. The van der Waals surface area contributed by atoms with Gasteiger partial charge in [0.05, 0.1) is 5.92 Å². The van der Waals surface area contributed by atoms with Crippen molar-refractivity contribution in [1.29, 1.82) is 0 Å². The highest BCUT2D eigenvalue weighted by molar-refractivity contribution is 6.16. The van der Waals surface area contributed by atoms with Gasteiger partial charge in [-0.15, -0.1) is 16.7 Å². The molecule has 1 aliphatic heterocycles. The summed E-state index contributed by atoms with van der Waals surface area (Å²) in [5, 5.41) is 7.58. The van der Waals surface area contributed by atoms with E-state index in [4.69, 9.17) is 21.8 Å². The number of halogens is 1. The Kier molecular flexibility index (Phi) is 2.77. The van der Waals surface area contributed by atoms with Crippen LogP contribution in [0.15, 0.2) is 4.42 Å². The molecule has 1 aliphatic rings. The fraction of sp³-hybridized carbons (Fsp3) is 0.625. The van der Waals surface area contributed by atoms with E-state index in [1.54, 1.807) is 0 Å². The van der Waals surface area contributed by atoms with Crippen LogP contribution in [-0.4, -0.2) is 29.2 Å². The van der Waals surface area contributed by atoms with E-state index in [1.807, 2.05) is 4.90 Å². The second-order valence-corrected chi connectivity index (χ2v) is 3.71. The van der Waals surface area contributed by atoms with Gasteiger partial charge < -0.3 is 15.1 Å². The summed E-state index contributed by atoms with van der Waals surface area (Å²) in [5.41, 5.74) is 5.22. The number of alkyl halides is 1. The second kappa shape index (κ2) is 4.06. The molecule has 1 aromatic rings. The van der Waals surface area contributed by atoms with Crippen molar-refractivity contribution in [3.63, 3.8) is 0 Å². The first-order valence-corrected chi connectivity index (χ1v) is 5.16. The van der Waals surface area contributed by atoms with Gasteiger partial charge in [0.2, 0.25) is 11.8 Å². The molecular weight excluding hydrogens is 220 g/mol. The molecule has 1 saturated heterocycles. The van der Waals surface area contributed by atoms with Gasteiger partial charge in [0.25, 0.3) is 0 Å². The number of carbonyl (C=O) groups is 1. The van der Waals surface area contributed by atoms with E-state index >= 15 is 0 Å². The van der Waals surface area contributed by atoms with Crippen LogP contribution >= 0.6 is 11.6 Å². The molecule has 1 atom stereocenters. The minimum atomic E-state index is -0.283. The van der Waals surface area contributed by atoms with E-state index < -0.39 is 0 Å². The van der Waals surface area contributed by atoms with E-state index in [1.165, 1.54) is 0 Å². The van der Waals surface area contributed by atoms with E-state index in [-0.39, 0.29) is 17.7 Å². The molecule has 0 bridgehead atoms. The van der Waals surface area contributed by atoms with E-state index in [9.17, 15) is 4.79 Å². The van der Waals surface area contributed by atoms with Crippen LogP contribution in [-0.2, 0) is 10.7 Å². The maximum atomic E-state index is 10.9. The first-order valence-electron chi connectivity index (χ1n) is 4.63. The highest BCUT2D eigenvalue weighted by atomic mass is 35.5. The fourth-order valence-corrected chi connectivity index (χ4v) is 1.70. The smallest absolute Gasteiger partial charge is 0.318 e. The molecule has 0 aromatic carbocycles. The van der Waals surface area contributed by atoms with Crippen LogP contribution in [0.2, 0.25) is 0 Å². The maximum Gasteiger partial charge on any atom is 0.318 e. The van der Waals surface area contributed by atoms with Gasteiger partial charge in [-0.1, -0.05) is 5.10 Å². The molecule has 1 aromatic heterocycles. The van der Waals surface area contributed by atoms with Crippen LogP contribution in [0.1, 0.15) is 12.3 Å². The van der Waals surface area contributed by atoms with Crippen molar-refractivity contribution in [3.05, 3.63) is 5.89 Å². The van der Waals surface area contributed by atoms with Gasteiger partial charge in [0.1, 0.15) is 5.88 Å². The normalized spacial score (nSPS) is 20.9. The summed E-state index contributed by atoms with van der Waals surface area (Å²) in [6.07, 6.45) is 0.730. The van der Waals surface area contributed by atoms with Crippen molar-refractivity contribution < 1.29 is 9.21 Å². The van der Waals surface area contributed by atoms with Crippen LogP contribution in [0.25, 0.3) is 0 Å². The van der Waals surface area contributed by atoms with Crippen LogP contribution in [0.3, 0.4) is 0 Å². The molecule has 1 unspecified atom stereocenters. The lowest BCUT2D eigenvalue weighted by Gasteiger charge is -2.11. The molecule has 82 valence electrons. The molecule has 15 heavy (non-hydrogen) atoms. The topological polar surface area (TPSA) is 85.3 Å². The van der Waals surface area contributed by atoms with Crippen molar-refractivity contribution in [1.82, 2.24) is 10.2 Å². The van der Waals surface area contributed by atoms with Crippen molar-refractivity contribution in [2.45, 2.75) is 12.3 Å². The molecule has 0 spiro atoms. The Morgan fingerprint density at radius 1 is 1.67 bits per heavy atom. The van der Waals surface area contributed by atoms with Gasteiger partial charge in [-0.3, -0.25) is 4.79 Å². The lowest BCUT2D eigenvalue weighted by molar-refractivity contribution is -0.121. The number of nitrogens with zero attached hydrogens (tertiary/aromatic N) is 3. The number of hydrogen-bond donors (Lipinski definition) is 1. The highest BCUT2D eigenvalue weighted by Gasteiger charge is 2.29. The van der Waals surface area contributed by atoms with Crippen LogP contribution in [0, 0.1) is 5.92 Å². The summed E-state index contributed by atoms with van der Waals surface area (Å²) in [6, 6.07) is 0.411. The molecule has 0 aliphatic carbocycles. The largest absolute Gasteiger partial charge is 0.407 e. The van der Waals surface area contributed by atoms with Gasteiger partial charge in [-0.2, -0.15) is 0 Å². The molecule has 7 heteroatoms. The first kappa shape index (κ1) is 10.2. The fourth-order valence-electron chi connectivity index (χ4n) is 1.59. The van der Waals surface area contributed by atoms with Crippen LogP contribution in [0.5, 0.6) is 0 Å².